The number of nitrogens with one attached hydrogen (secondary N) is 2. The van der Waals surface area contributed by atoms with Gasteiger partial charge >= 0.3 is 6.03 Å². The minimum Gasteiger partial charge on any atom is -0.335 e. The van der Waals surface area contributed by atoms with Gasteiger partial charge in [0.2, 0.25) is 0 Å². The van der Waals surface area contributed by atoms with E-state index in [0.29, 0.717) is 6.04 Å². The average molecular weight is 359 g/mol. The fourth-order valence-corrected chi connectivity index (χ4v) is 4.33. The Bertz CT molecular complexity index is 550. The average Bonchev–Trinajstić information content (AvgIpc) is 2.65. The van der Waals surface area contributed by atoms with E-state index in [-0.39, 0.29) is 18.1 Å². The van der Waals surface area contributed by atoms with E-state index in [1.54, 1.807) is 0 Å². The SMILES string of the molecule is CC(NC(=O)NC1CCCCC1)C(c1ccccc1)N1CCN(C)CC1. The van der Waals surface area contributed by atoms with Crippen LogP contribution in [0.1, 0.15) is 50.6 Å². The predicted molar refractivity (Wildman–Crippen MR) is 106 cm³/mol. The van der Waals surface area contributed by atoms with Gasteiger partial charge in [-0.1, -0.05) is 49.6 Å². The monoisotopic (exact) mass is 358 g/mol. The normalized spacial score (nSPS) is 22.5. The first-order chi connectivity index (χ1) is 12.6. The van der Waals surface area contributed by atoms with Gasteiger partial charge in [0.05, 0.1) is 6.04 Å². The van der Waals surface area contributed by atoms with Crippen molar-refractivity contribution in [1.29, 1.82) is 0 Å². The van der Waals surface area contributed by atoms with Crippen LogP contribution in [0.4, 0.5) is 4.79 Å². The Balaban J connectivity index is 1.64. The van der Waals surface area contributed by atoms with Crippen LogP contribution in [0.2, 0.25) is 0 Å². The standard InChI is InChI=1S/C21H34N4O/c1-17(22-21(26)23-19-11-7-4-8-12-19)20(18-9-5-3-6-10-18)25-15-13-24(2)14-16-25/h3,5-6,9-10,17,19-20H,4,7-8,11-16H2,1-2H3,(H2,22,23,26). The quantitative estimate of drug-likeness (QED) is 0.851. The maximum atomic E-state index is 12.5. The van der Waals surface area contributed by atoms with Crippen molar-refractivity contribution in [2.24, 2.45) is 0 Å². The Labute approximate surface area is 158 Å². The number of carbonyl (C=O) groups is 1. The largest absolute Gasteiger partial charge is 0.335 e. The van der Waals surface area contributed by atoms with Crippen molar-refractivity contribution in [3.8, 4) is 0 Å². The highest BCUT2D eigenvalue weighted by atomic mass is 16.2. The summed E-state index contributed by atoms with van der Waals surface area (Å²) in [5.41, 5.74) is 1.28. The Hall–Kier alpha value is -1.59. The molecule has 2 unspecified atom stereocenters. The Morgan fingerprint density at radius 3 is 2.35 bits per heavy atom. The first kappa shape index (κ1) is 19.2. The minimum atomic E-state index is -0.0144. The molecule has 1 aliphatic heterocycles. The summed E-state index contributed by atoms with van der Waals surface area (Å²) >= 11 is 0. The number of amides is 2. The maximum absolute atomic E-state index is 12.5. The molecule has 26 heavy (non-hydrogen) atoms. The van der Waals surface area contributed by atoms with E-state index < -0.39 is 0 Å². The van der Waals surface area contributed by atoms with Gasteiger partial charge in [-0.3, -0.25) is 4.90 Å². The molecule has 2 fully saturated rings. The van der Waals surface area contributed by atoms with Crippen LogP contribution in [0.25, 0.3) is 0 Å². The number of hydrogen-bond donors (Lipinski definition) is 2. The summed E-state index contributed by atoms with van der Waals surface area (Å²) < 4.78 is 0. The van der Waals surface area contributed by atoms with Gasteiger partial charge in [-0.05, 0) is 32.4 Å². The third-order valence-corrected chi connectivity index (χ3v) is 5.85. The molecule has 2 aliphatic rings. The number of hydrogen-bond acceptors (Lipinski definition) is 3. The number of benzene rings is 1. The lowest BCUT2D eigenvalue weighted by molar-refractivity contribution is 0.0947. The number of carbonyl (C=O) groups excluding carboxylic acids is 1. The lowest BCUT2D eigenvalue weighted by atomic mass is 9.95. The summed E-state index contributed by atoms with van der Waals surface area (Å²) in [4.78, 5) is 17.4. The second-order valence-corrected chi connectivity index (χ2v) is 7.94. The summed E-state index contributed by atoms with van der Waals surface area (Å²) in [6.07, 6.45) is 5.99. The molecular formula is C21H34N4O. The van der Waals surface area contributed by atoms with Gasteiger partial charge in [0.25, 0.3) is 0 Å². The first-order valence-corrected chi connectivity index (χ1v) is 10.2. The van der Waals surface area contributed by atoms with E-state index in [9.17, 15) is 4.79 Å². The molecule has 5 nitrogen and oxygen atoms in total. The third-order valence-electron chi connectivity index (χ3n) is 5.85. The Morgan fingerprint density at radius 2 is 1.69 bits per heavy atom. The Morgan fingerprint density at radius 1 is 1.04 bits per heavy atom. The van der Waals surface area contributed by atoms with E-state index in [1.807, 2.05) is 0 Å². The zero-order valence-electron chi connectivity index (χ0n) is 16.3. The molecule has 1 heterocycles. The predicted octanol–water partition coefficient (Wildman–Crippen LogP) is 3.00. The summed E-state index contributed by atoms with van der Waals surface area (Å²) in [7, 11) is 2.17. The lowest BCUT2D eigenvalue weighted by Gasteiger charge is -2.41. The van der Waals surface area contributed by atoms with Crippen LogP contribution in [0, 0.1) is 0 Å². The van der Waals surface area contributed by atoms with Crippen molar-refractivity contribution in [1.82, 2.24) is 20.4 Å². The minimum absolute atomic E-state index is 0.0144. The van der Waals surface area contributed by atoms with Gasteiger partial charge in [-0.25, -0.2) is 4.79 Å². The van der Waals surface area contributed by atoms with E-state index >= 15 is 0 Å². The van der Waals surface area contributed by atoms with Crippen molar-refractivity contribution in [3.63, 3.8) is 0 Å². The number of likely N-dealkylation sites (N-methyl/N-ethyl adjacent to an activating group) is 1. The van der Waals surface area contributed by atoms with Crippen LogP contribution in [-0.2, 0) is 0 Å². The Kier molecular flexibility index (Phi) is 6.92. The van der Waals surface area contributed by atoms with E-state index in [1.165, 1.54) is 24.8 Å². The molecule has 3 rings (SSSR count). The van der Waals surface area contributed by atoms with Crippen LogP contribution >= 0.6 is 0 Å². The summed E-state index contributed by atoms with van der Waals surface area (Å²) in [5, 5.41) is 6.42. The molecule has 0 radical (unpaired) electrons. The molecule has 1 aromatic rings. The number of piperazine rings is 1. The molecule has 0 aromatic heterocycles. The van der Waals surface area contributed by atoms with Crippen molar-refractivity contribution < 1.29 is 4.79 Å². The van der Waals surface area contributed by atoms with Crippen LogP contribution in [0.15, 0.2) is 30.3 Å². The molecule has 5 heteroatoms. The van der Waals surface area contributed by atoms with Crippen LogP contribution < -0.4 is 10.6 Å². The summed E-state index contributed by atoms with van der Waals surface area (Å²) in [6, 6.07) is 11.2. The van der Waals surface area contributed by atoms with Gasteiger partial charge in [0, 0.05) is 38.3 Å². The lowest BCUT2D eigenvalue weighted by Crippen LogP contribution is -2.53. The molecule has 0 spiro atoms. The van der Waals surface area contributed by atoms with Crippen molar-refractivity contribution >= 4 is 6.03 Å². The number of urea groups is 1. The van der Waals surface area contributed by atoms with Crippen LogP contribution in [0.5, 0.6) is 0 Å². The van der Waals surface area contributed by atoms with Gasteiger partial charge in [0.15, 0.2) is 0 Å². The van der Waals surface area contributed by atoms with Gasteiger partial charge in [-0.2, -0.15) is 0 Å². The molecule has 1 saturated heterocycles. The van der Waals surface area contributed by atoms with E-state index in [2.05, 4.69) is 64.7 Å². The highest BCUT2D eigenvalue weighted by Gasteiger charge is 2.29. The zero-order valence-corrected chi connectivity index (χ0v) is 16.3. The molecule has 2 atom stereocenters. The highest BCUT2D eigenvalue weighted by Crippen LogP contribution is 2.25. The fourth-order valence-electron chi connectivity index (χ4n) is 4.33. The van der Waals surface area contributed by atoms with Gasteiger partial charge in [-0.15, -0.1) is 0 Å². The molecular weight excluding hydrogens is 324 g/mol. The second kappa shape index (κ2) is 9.38. The zero-order chi connectivity index (χ0) is 18.4. The molecule has 1 aliphatic carbocycles. The van der Waals surface area contributed by atoms with E-state index in [0.717, 1.165) is 39.0 Å². The molecule has 144 valence electrons. The molecule has 2 amide bonds. The van der Waals surface area contributed by atoms with Crippen molar-refractivity contribution in [2.75, 3.05) is 33.2 Å². The third kappa shape index (κ3) is 5.21. The topological polar surface area (TPSA) is 47.6 Å². The van der Waals surface area contributed by atoms with Crippen LogP contribution in [-0.4, -0.2) is 61.1 Å². The van der Waals surface area contributed by atoms with E-state index in [4.69, 9.17) is 0 Å². The number of rotatable bonds is 5. The highest BCUT2D eigenvalue weighted by molar-refractivity contribution is 5.74. The van der Waals surface area contributed by atoms with Crippen molar-refractivity contribution in [3.05, 3.63) is 35.9 Å². The van der Waals surface area contributed by atoms with Gasteiger partial charge < -0.3 is 15.5 Å². The molecule has 2 N–H and O–H groups in total. The van der Waals surface area contributed by atoms with Gasteiger partial charge in [0.1, 0.15) is 0 Å². The first-order valence-electron chi connectivity index (χ1n) is 10.2. The fraction of sp³-hybridized carbons (Fsp3) is 0.667. The summed E-state index contributed by atoms with van der Waals surface area (Å²) in [5.74, 6) is 0. The maximum Gasteiger partial charge on any atom is 0.315 e. The van der Waals surface area contributed by atoms with Crippen LogP contribution in [0.3, 0.4) is 0 Å². The summed E-state index contributed by atoms with van der Waals surface area (Å²) in [6.45, 7) is 6.35. The molecule has 1 aromatic carbocycles. The smallest absolute Gasteiger partial charge is 0.315 e. The van der Waals surface area contributed by atoms with Crippen molar-refractivity contribution in [2.45, 2.75) is 57.2 Å². The molecule has 0 bridgehead atoms. The molecule has 1 saturated carbocycles. The second-order valence-electron chi connectivity index (χ2n) is 7.94. The number of nitrogens with zero attached hydrogens (tertiary/aromatic N) is 2.